The molecule has 1 aromatic rings. The van der Waals surface area contributed by atoms with Crippen molar-refractivity contribution in [3.05, 3.63) is 29.1 Å². The first-order valence-electron chi connectivity index (χ1n) is 6.23. The first-order valence-corrected chi connectivity index (χ1v) is 9.10. The van der Waals surface area contributed by atoms with E-state index in [9.17, 15) is 12.8 Å². The predicted molar refractivity (Wildman–Crippen MR) is 79.8 cm³/mol. The molecule has 0 bridgehead atoms. The van der Waals surface area contributed by atoms with Crippen LogP contribution in [0.25, 0.3) is 0 Å². The Kier molecular flexibility index (Phi) is 6.44. The van der Waals surface area contributed by atoms with Gasteiger partial charge in [0.15, 0.2) is 0 Å². The molecule has 0 spiro atoms. The highest BCUT2D eigenvalue weighted by Crippen LogP contribution is 2.20. The third-order valence-electron chi connectivity index (χ3n) is 2.90. The summed E-state index contributed by atoms with van der Waals surface area (Å²) < 4.78 is 40.6. The zero-order chi connectivity index (χ0) is 15.3. The van der Waals surface area contributed by atoms with E-state index >= 15 is 0 Å². The highest BCUT2D eigenvalue weighted by atomic mass is 32.2. The van der Waals surface area contributed by atoms with Gasteiger partial charge in [-0.15, -0.1) is 0 Å². The van der Waals surface area contributed by atoms with E-state index in [-0.39, 0.29) is 22.1 Å². The molecule has 0 radical (unpaired) electrons. The average Bonchev–Trinajstić information content (AvgIpc) is 2.38. The van der Waals surface area contributed by atoms with Crippen LogP contribution in [0.5, 0.6) is 0 Å². The van der Waals surface area contributed by atoms with Gasteiger partial charge in [0.25, 0.3) is 0 Å². The fraction of sp³-hybridized carbons (Fsp3) is 0.538. The molecule has 20 heavy (non-hydrogen) atoms. The van der Waals surface area contributed by atoms with Crippen molar-refractivity contribution >= 4 is 21.8 Å². The molecular weight excluding hydrogens is 301 g/mol. The van der Waals surface area contributed by atoms with Gasteiger partial charge in [0, 0.05) is 11.6 Å². The molecule has 0 saturated carbocycles. The van der Waals surface area contributed by atoms with E-state index in [1.54, 1.807) is 18.7 Å². The van der Waals surface area contributed by atoms with Gasteiger partial charge >= 0.3 is 0 Å². The summed E-state index contributed by atoms with van der Waals surface area (Å²) in [6.45, 7) is 2.74. The van der Waals surface area contributed by atoms with Gasteiger partial charge in [-0.2, -0.15) is 11.8 Å². The Morgan fingerprint density at radius 2 is 2.10 bits per heavy atom. The molecular formula is C13H20FNO3S2. The summed E-state index contributed by atoms with van der Waals surface area (Å²) in [7, 11) is -3.70. The summed E-state index contributed by atoms with van der Waals surface area (Å²) in [6, 6.07) is 2.25. The van der Waals surface area contributed by atoms with Crippen LogP contribution in [0.3, 0.4) is 0 Å². The molecule has 0 amide bonds. The van der Waals surface area contributed by atoms with Crippen LogP contribution in [0.1, 0.15) is 24.5 Å². The smallest absolute Gasteiger partial charge is 0.240 e. The third-order valence-corrected chi connectivity index (χ3v) is 5.11. The number of aliphatic hydroxyl groups excluding tert-OH is 1. The zero-order valence-corrected chi connectivity index (χ0v) is 13.4. The van der Waals surface area contributed by atoms with Crippen molar-refractivity contribution in [3.8, 4) is 0 Å². The van der Waals surface area contributed by atoms with Crippen LogP contribution in [-0.4, -0.2) is 31.6 Å². The molecule has 0 aliphatic heterocycles. The number of benzene rings is 1. The Hall–Kier alpha value is -0.630. The van der Waals surface area contributed by atoms with Gasteiger partial charge in [-0.25, -0.2) is 17.5 Å². The number of hydrogen-bond acceptors (Lipinski definition) is 4. The summed E-state index contributed by atoms with van der Waals surface area (Å²) >= 11 is 1.64. The van der Waals surface area contributed by atoms with E-state index in [4.69, 9.17) is 5.11 Å². The summed E-state index contributed by atoms with van der Waals surface area (Å²) in [6.07, 6.45) is 2.67. The maximum absolute atomic E-state index is 13.6. The molecule has 7 heteroatoms. The second kappa shape index (κ2) is 7.40. The van der Waals surface area contributed by atoms with Crippen molar-refractivity contribution in [2.24, 2.45) is 0 Å². The van der Waals surface area contributed by atoms with Crippen molar-refractivity contribution in [2.45, 2.75) is 37.8 Å². The van der Waals surface area contributed by atoms with E-state index in [1.165, 1.54) is 19.1 Å². The monoisotopic (exact) mass is 321 g/mol. The van der Waals surface area contributed by atoms with Crippen LogP contribution < -0.4 is 4.72 Å². The minimum Gasteiger partial charge on any atom is -0.392 e. The lowest BCUT2D eigenvalue weighted by molar-refractivity contribution is 0.275. The number of sulfonamides is 1. The third kappa shape index (κ3) is 4.44. The molecule has 0 saturated heterocycles. The van der Waals surface area contributed by atoms with Gasteiger partial charge < -0.3 is 5.11 Å². The van der Waals surface area contributed by atoms with Crippen LogP contribution in [0.2, 0.25) is 0 Å². The number of halogens is 1. The van der Waals surface area contributed by atoms with Gasteiger partial charge in [-0.05, 0) is 50.0 Å². The second-order valence-electron chi connectivity index (χ2n) is 4.68. The standard InChI is InChI=1S/C13H20FNO3S2/c1-9-6-12(7-11(8-16)13(9)14)20(17,18)15-10(2)4-5-19-3/h6-7,10,15-16H,4-5,8H2,1-3H3. The van der Waals surface area contributed by atoms with Crippen molar-refractivity contribution in [3.63, 3.8) is 0 Å². The van der Waals surface area contributed by atoms with E-state index in [0.717, 1.165) is 5.75 Å². The highest BCUT2D eigenvalue weighted by molar-refractivity contribution is 7.98. The van der Waals surface area contributed by atoms with Crippen LogP contribution in [0.15, 0.2) is 17.0 Å². The van der Waals surface area contributed by atoms with E-state index < -0.39 is 22.4 Å². The zero-order valence-electron chi connectivity index (χ0n) is 11.8. The molecule has 114 valence electrons. The summed E-state index contributed by atoms with van der Waals surface area (Å²) in [5.41, 5.74) is 0.191. The molecule has 4 nitrogen and oxygen atoms in total. The van der Waals surface area contributed by atoms with Gasteiger partial charge in [-0.3, -0.25) is 0 Å². The fourth-order valence-corrected chi connectivity index (χ4v) is 3.77. The van der Waals surface area contributed by atoms with E-state index in [2.05, 4.69) is 4.72 Å². The molecule has 2 N–H and O–H groups in total. The number of aliphatic hydroxyl groups is 1. The van der Waals surface area contributed by atoms with Crippen LogP contribution in [-0.2, 0) is 16.6 Å². The topological polar surface area (TPSA) is 66.4 Å². The molecule has 1 atom stereocenters. The minimum atomic E-state index is -3.70. The Bertz CT molecular complexity index is 561. The Morgan fingerprint density at radius 1 is 1.45 bits per heavy atom. The first kappa shape index (κ1) is 17.4. The summed E-state index contributed by atoms with van der Waals surface area (Å²) in [5.74, 6) is 0.287. The molecule has 1 unspecified atom stereocenters. The largest absolute Gasteiger partial charge is 0.392 e. The number of hydrogen-bond donors (Lipinski definition) is 2. The molecule has 0 fully saturated rings. The van der Waals surface area contributed by atoms with Gasteiger partial charge in [0.2, 0.25) is 10.0 Å². The van der Waals surface area contributed by atoms with Gasteiger partial charge in [-0.1, -0.05) is 0 Å². The molecule has 1 aromatic carbocycles. The van der Waals surface area contributed by atoms with Crippen molar-refractivity contribution in [1.82, 2.24) is 4.72 Å². The predicted octanol–water partition coefficient (Wildman–Crippen LogP) is 2.05. The van der Waals surface area contributed by atoms with Crippen LogP contribution >= 0.6 is 11.8 Å². The maximum Gasteiger partial charge on any atom is 0.240 e. The normalized spacial score (nSPS) is 13.4. The molecule has 1 rings (SSSR count). The number of rotatable bonds is 7. The Labute approximate surface area is 123 Å². The number of thioether (sulfide) groups is 1. The lowest BCUT2D eigenvalue weighted by Gasteiger charge is -2.15. The lowest BCUT2D eigenvalue weighted by Crippen LogP contribution is -2.33. The van der Waals surface area contributed by atoms with Gasteiger partial charge in [0.05, 0.1) is 11.5 Å². The second-order valence-corrected chi connectivity index (χ2v) is 7.37. The minimum absolute atomic E-state index is 0.0119. The van der Waals surface area contributed by atoms with Gasteiger partial charge in [0.1, 0.15) is 5.82 Å². The van der Waals surface area contributed by atoms with Crippen molar-refractivity contribution in [2.75, 3.05) is 12.0 Å². The van der Waals surface area contributed by atoms with Crippen LogP contribution in [0.4, 0.5) is 4.39 Å². The molecule has 0 aromatic heterocycles. The highest BCUT2D eigenvalue weighted by Gasteiger charge is 2.20. The van der Waals surface area contributed by atoms with Crippen LogP contribution in [0, 0.1) is 12.7 Å². The quantitative estimate of drug-likeness (QED) is 0.806. The number of nitrogens with one attached hydrogen (secondary N) is 1. The summed E-state index contributed by atoms with van der Waals surface area (Å²) in [4.78, 5) is -0.0172. The average molecular weight is 321 g/mol. The first-order chi connectivity index (χ1) is 9.31. The van der Waals surface area contributed by atoms with E-state index in [1.807, 2.05) is 6.26 Å². The Morgan fingerprint density at radius 3 is 2.65 bits per heavy atom. The maximum atomic E-state index is 13.6. The molecule has 0 heterocycles. The van der Waals surface area contributed by atoms with E-state index in [0.29, 0.717) is 6.42 Å². The van der Waals surface area contributed by atoms with Crippen molar-refractivity contribution in [1.29, 1.82) is 0 Å². The molecule has 0 aliphatic carbocycles. The number of aryl methyl sites for hydroxylation is 1. The molecule has 0 aliphatic rings. The van der Waals surface area contributed by atoms with Crippen molar-refractivity contribution < 1.29 is 17.9 Å². The summed E-state index contributed by atoms with van der Waals surface area (Å²) in [5, 5.41) is 9.07. The Balaban J connectivity index is 3.01. The SMILES string of the molecule is CSCCC(C)NS(=O)(=O)c1cc(C)c(F)c(CO)c1. The lowest BCUT2D eigenvalue weighted by atomic mass is 10.1. The fourth-order valence-electron chi connectivity index (χ4n) is 1.76.